The zero-order valence-corrected chi connectivity index (χ0v) is 9.76. The van der Waals surface area contributed by atoms with Crippen LogP contribution in [0.25, 0.3) is 0 Å². The maximum absolute atomic E-state index is 11.4. The highest BCUT2D eigenvalue weighted by Crippen LogP contribution is 2.21. The maximum atomic E-state index is 11.4. The Labute approximate surface area is 93.4 Å². The van der Waals surface area contributed by atoms with Gasteiger partial charge in [0.05, 0.1) is 11.5 Å². The van der Waals surface area contributed by atoms with Crippen molar-refractivity contribution >= 4 is 50.4 Å². The third-order valence-electron chi connectivity index (χ3n) is 1.25. The molecule has 0 aliphatic carbocycles. The van der Waals surface area contributed by atoms with Crippen molar-refractivity contribution in [1.29, 1.82) is 0 Å². The molecule has 0 aliphatic rings. The second-order valence-electron chi connectivity index (χ2n) is 2.25. The zero-order chi connectivity index (χ0) is 9.84. The van der Waals surface area contributed by atoms with Crippen LogP contribution in [0.15, 0.2) is 15.9 Å². The van der Waals surface area contributed by atoms with Gasteiger partial charge >= 0.3 is 0 Å². The summed E-state index contributed by atoms with van der Waals surface area (Å²) in [6, 6.07) is 1.82. The van der Waals surface area contributed by atoms with Crippen LogP contribution in [0.1, 0.15) is 9.67 Å². The lowest BCUT2D eigenvalue weighted by Crippen LogP contribution is -2.31. The number of thiocarbonyl (C=S) groups is 1. The second-order valence-corrected chi connectivity index (χ2v) is 4.54. The summed E-state index contributed by atoms with van der Waals surface area (Å²) in [4.78, 5) is 12.3. The van der Waals surface area contributed by atoms with Crippen LogP contribution in [0.5, 0.6) is 0 Å². The molecule has 1 rings (SSSR count). The molecule has 6 heteroatoms. The predicted molar refractivity (Wildman–Crippen MR) is 61.1 cm³/mol. The fourth-order valence-electron chi connectivity index (χ4n) is 0.703. The number of halogens is 1. The first-order valence-corrected chi connectivity index (χ1v) is 5.49. The summed E-state index contributed by atoms with van der Waals surface area (Å²) in [7, 11) is 0. The summed E-state index contributed by atoms with van der Waals surface area (Å²) in [6.07, 6.45) is 0. The fourth-order valence-corrected chi connectivity index (χ4v) is 2.24. The van der Waals surface area contributed by atoms with Gasteiger partial charge in [0.2, 0.25) is 0 Å². The van der Waals surface area contributed by atoms with E-state index in [1.807, 2.05) is 11.4 Å². The molecule has 1 amide bonds. The van der Waals surface area contributed by atoms with Gasteiger partial charge in [0, 0.05) is 4.47 Å². The van der Waals surface area contributed by atoms with E-state index in [-0.39, 0.29) is 17.4 Å². The lowest BCUT2D eigenvalue weighted by Gasteiger charge is -2.01. The first-order valence-electron chi connectivity index (χ1n) is 3.40. The summed E-state index contributed by atoms with van der Waals surface area (Å²) in [6.45, 7) is 0.235. The van der Waals surface area contributed by atoms with Crippen LogP contribution in [0.3, 0.4) is 0 Å². The van der Waals surface area contributed by atoms with Crippen LogP contribution in [0, 0.1) is 0 Å². The van der Waals surface area contributed by atoms with E-state index in [9.17, 15) is 4.79 Å². The maximum Gasteiger partial charge on any atom is 0.262 e. The van der Waals surface area contributed by atoms with Gasteiger partial charge in [-0.15, -0.1) is 11.3 Å². The fraction of sp³-hybridized carbons (Fsp3) is 0.143. The monoisotopic (exact) mass is 278 g/mol. The van der Waals surface area contributed by atoms with Gasteiger partial charge in [0.15, 0.2) is 0 Å². The third-order valence-corrected chi connectivity index (χ3v) is 3.23. The number of rotatable bonds is 3. The molecule has 0 saturated heterocycles. The van der Waals surface area contributed by atoms with Crippen LogP contribution in [-0.2, 0) is 0 Å². The summed E-state index contributed by atoms with van der Waals surface area (Å²) in [5.41, 5.74) is 5.24. The third kappa shape index (κ3) is 3.06. The Hall–Kier alpha value is -0.460. The number of nitrogens with one attached hydrogen (secondary N) is 1. The van der Waals surface area contributed by atoms with E-state index in [4.69, 9.17) is 5.73 Å². The second kappa shape index (κ2) is 4.69. The molecule has 0 atom stereocenters. The highest BCUT2D eigenvalue weighted by molar-refractivity contribution is 9.10. The molecule has 3 N–H and O–H groups in total. The largest absolute Gasteiger partial charge is 0.392 e. The van der Waals surface area contributed by atoms with Crippen molar-refractivity contribution in [1.82, 2.24) is 5.32 Å². The average molecular weight is 279 g/mol. The van der Waals surface area contributed by atoms with Gasteiger partial charge in [-0.3, -0.25) is 4.79 Å². The van der Waals surface area contributed by atoms with Crippen LogP contribution in [0.2, 0.25) is 0 Å². The Balaban J connectivity index is 2.59. The van der Waals surface area contributed by atoms with Crippen molar-refractivity contribution in [3.63, 3.8) is 0 Å². The van der Waals surface area contributed by atoms with E-state index < -0.39 is 0 Å². The number of carbonyl (C=O) groups excluding carboxylic acids is 1. The van der Waals surface area contributed by atoms with Gasteiger partial charge in [-0.05, 0) is 27.4 Å². The molecule has 0 unspecified atom stereocenters. The van der Waals surface area contributed by atoms with E-state index in [0.717, 1.165) is 4.47 Å². The lowest BCUT2D eigenvalue weighted by molar-refractivity contribution is 0.0963. The summed E-state index contributed by atoms with van der Waals surface area (Å²) >= 11 is 9.26. The molecular weight excluding hydrogens is 272 g/mol. The van der Waals surface area contributed by atoms with Gasteiger partial charge in [0.1, 0.15) is 4.88 Å². The van der Waals surface area contributed by atoms with Crippen molar-refractivity contribution in [3.05, 3.63) is 20.8 Å². The van der Waals surface area contributed by atoms with E-state index in [1.165, 1.54) is 11.3 Å². The topological polar surface area (TPSA) is 55.1 Å². The van der Waals surface area contributed by atoms with Crippen molar-refractivity contribution in [2.24, 2.45) is 5.73 Å². The van der Waals surface area contributed by atoms with Crippen LogP contribution in [-0.4, -0.2) is 17.4 Å². The minimum Gasteiger partial charge on any atom is -0.392 e. The average Bonchev–Trinajstić information content (AvgIpc) is 2.47. The van der Waals surface area contributed by atoms with Gasteiger partial charge < -0.3 is 11.1 Å². The highest BCUT2D eigenvalue weighted by Gasteiger charge is 2.10. The van der Waals surface area contributed by atoms with Crippen molar-refractivity contribution in [3.8, 4) is 0 Å². The molecular formula is C7H7BrN2OS2. The van der Waals surface area contributed by atoms with E-state index in [2.05, 4.69) is 33.5 Å². The molecule has 0 bridgehead atoms. The molecule has 0 spiro atoms. The Bertz CT molecular complexity index is 337. The first kappa shape index (κ1) is 10.6. The molecule has 1 heterocycles. The minimum absolute atomic E-state index is 0.158. The summed E-state index contributed by atoms with van der Waals surface area (Å²) in [5.74, 6) is -0.158. The summed E-state index contributed by atoms with van der Waals surface area (Å²) < 4.78 is 0.790. The lowest BCUT2D eigenvalue weighted by atomic mass is 10.4. The van der Waals surface area contributed by atoms with E-state index in [1.54, 1.807) is 0 Å². The number of thiophene rings is 1. The Kier molecular flexibility index (Phi) is 3.83. The van der Waals surface area contributed by atoms with E-state index >= 15 is 0 Å². The van der Waals surface area contributed by atoms with Crippen molar-refractivity contribution < 1.29 is 4.79 Å². The molecule has 1 aromatic heterocycles. The van der Waals surface area contributed by atoms with Gasteiger partial charge in [-0.1, -0.05) is 12.2 Å². The zero-order valence-electron chi connectivity index (χ0n) is 6.54. The van der Waals surface area contributed by atoms with Crippen LogP contribution in [0.4, 0.5) is 0 Å². The standard InChI is InChI=1S/C7H7BrN2OS2/c8-4-1-2-13-6(4)7(11)10-3-5(9)12/h1-2H,3H2,(H2,9,12)(H,10,11). The molecule has 0 aliphatic heterocycles. The molecule has 0 radical (unpaired) electrons. The number of carbonyl (C=O) groups is 1. The first-order chi connectivity index (χ1) is 6.11. The molecule has 0 aromatic carbocycles. The molecule has 0 saturated carbocycles. The molecule has 70 valence electrons. The van der Waals surface area contributed by atoms with Gasteiger partial charge in [0.25, 0.3) is 5.91 Å². The quantitative estimate of drug-likeness (QED) is 0.825. The van der Waals surface area contributed by atoms with Crippen molar-refractivity contribution in [2.45, 2.75) is 0 Å². The van der Waals surface area contributed by atoms with Crippen LogP contribution < -0.4 is 11.1 Å². The van der Waals surface area contributed by atoms with Gasteiger partial charge in [-0.25, -0.2) is 0 Å². The Morgan fingerprint density at radius 1 is 1.77 bits per heavy atom. The molecule has 13 heavy (non-hydrogen) atoms. The molecule has 3 nitrogen and oxygen atoms in total. The molecule has 0 fully saturated rings. The Morgan fingerprint density at radius 3 is 2.92 bits per heavy atom. The predicted octanol–water partition coefficient (Wildman–Crippen LogP) is 1.53. The van der Waals surface area contributed by atoms with Crippen molar-refractivity contribution in [2.75, 3.05) is 6.54 Å². The number of nitrogens with two attached hydrogens (primary N) is 1. The SMILES string of the molecule is NC(=S)CNC(=O)c1sccc1Br. The van der Waals surface area contributed by atoms with E-state index in [0.29, 0.717) is 4.88 Å². The van der Waals surface area contributed by atoms with Crippen LogP contribution >= 0.6 is 39.5 Å². The smallest absolute Gasteiger partial charge is 0.262 e. The highest BCUT2D eigenvalue weighted by atomic mass is 79.9. The minimum atomic E-state index is -0.158. The number of amides is 1. The summed E-state index contributed by atoms with van der Waals surface area (Å²) in [5, 5.41) is 4.43. The Morgan fingerprint density at radius 2 is 2.46 bits per heavy atom. The molecule has 1 aromatic rings. The number of hydrogen-bond donors (Lipinski definition) is 2. The normalized spacial score (nSPS) is 9.62. The number of hydrogen-bond acceptors (Lipinski definition) is 3. The van der Waals surface area contributed by atoms with Gasteiger partial charge in [-0.2, -0.15) is 0 Å².